The van der Waals surface area contributed by atoms with Crippen LogP contribution in [-0.4, -0.2) is 45.9 Å². The zero-order valence-electron chi connectivity index (χ0n) is 17.7. The highest BCUT2D eigenvalue weighted by Gasteiger charge is 2.19. The van der Waals surface area contributed by atoms with Crippen LogP contribution in [0.15, 0.2) is 39.5 Å². The third kappa shape index (κ3) is 6.45. The lowest BCUT2D eigenvalue weighted by atomic mass is 10.1. The van der Waals surface area contributed by atoms with E-state index in [1.165, 1.54) is 29.7 Å². The number of thiophene rings is 1. The number of aryl methyl sites for hydroxylation is 1. The van der Waals surface area contributed by atoms with Crippen LogP contribution < -0.4 is 15.4 Å². The van der Waals surface area contributed by atoms with Crippen LogP contribution in [0.1, 0.15) is 29.9 Å². The fourth-order valence-electron chi connectivity index (χ4n) is 2.53. The van der Waals surface area contributed by atoms with Crippen LogP contribution >= 0.6 is 11.3 Å². The zero-order valence-corrected chi connectivity index (χ0v) is 19.3. The summed E-state index contributed by atoms with van der Waals surface area (Å²) in [7, 11) is -0.336. The molecule has 0 bridgehead atoms. The minimum Gasteiger partial charge on any atom is -0.494 e. The van der Waals surface area contributed by atoms with E-state index in [2.05, 4.69) is 15.6 Å². The number of hydrogen-bond acceptors (Lipinski definition) is 5. The van der Waals surface area contributed by atoms with Gasteiger partial charge in [-0.1, -0.05) is 12.1 Å². The third-order valence-electron chi connectivity index (χ3n) is 4.08. The van der Waals surface area contributed by atoms with Gasteiger partial charge in [0.05, 0.1) is 19.7 Å². The maximum absolute atomic E-state index is 12.2. The highest BCUT2D eigenvalue weighted by Crippen LogP contribution is 2.24. The number of nitrogens with zero attached hydrogens (tertiary/aromatic N) is 2. The van der Waals surface area contributed by atoms with Gasteiger partial charge in [0, 0.05) is 31.1 Å². The fraction of sp³-hybridized carbons (Fsp3) is 0.450. The number of aliphatic imine (C=N–C) groups is 1. The van der Waals surface area contributed by atoms with Crippen molar-refractivity contribution in [3.63, 3.8) is 0 Å². The summed E-state index contributed by atoms with van der Waals surface area (Å²) >= 11 is 1.26. The van der Waals surface area contributed by atoms with Crippen molar-refractivity contribution in [2.75, 3.05) is 27.2 Å². The third-order valence-corrected chi connectivity index (χ3v) is 7.44. The summed E-state index contributed by atoms with van der Waals surface area (Å²) in [4.78, 5) is 5.57. The molecule has 0 unspecified atom stereocenters. The lowest BCUT2D eigenvalue weighted by Gasteiger charge is -2.13. The molecule has 7 nitrogen and oxygen atoms in total. The molecule has 9 heteroatoms. The van der Waals surface area contributed by atoms with Gasteiger partial charge in [-0.15, -0.1) is 11.3 Å². The Balaban J connectivity index is 2.08. The largest absolute Gasteiger partial charge is 0.494 e. The first kappa shape index (κ1) is 23.2. The molecule has 0 amide bonds. The predicted octanol–water partition coefficient (Wildman–Crippen LogP) is 2.96. The van der Waals surface area contributed by atoms with Gasteiger partial charge in [0.15, 0.2) is 5.96 Å². The molecule has 0 fully saturated rings. The summed E-state index contributed by atoms with van der Waals surface area (Å²) in [6.07, 6.45) is 0. The Morgan fingerprint density at radius 3 is 2.59 bits per heavy atom. The van der Waals surface area contributed by atoms with E-state index >= 15 is 0 Å². The molecule has 2 rings (SSSR count). The Bertz CT molecular complexity index is 937. The van der Waals surface area contributed by atoms with E-state index in [0.29, 0.717) is 29.9 Å². The number of benzene rings is 1. The second-order valence-corrected chi connectivity index (χ2v) is 10.1. The molecule has 160 valence electrons. The van der Waals surface area contributed by atoms with Crippen molar-refractivity contribution in [3.8, 4) is 5.75 Å². The van der Waals surface area contributed by atoms with Gasteiger partial charge in [-0.05, 0) is 44.5 Å². The Morgan fingerprint density at radius 2 is 1.93 bits per heavy atom. The molecule has 2 N–H and O–H groups in total. The molecule has 1 heterocycles. The van der Waals surface area contributed by atoms with Crippen molar-refractivity contribution < 1.29 is 13.2 Å². The molecular weight excluding hydrogens is 408 g/mol. The van der Waals surface area contributed by atoms with Crippen molar-refractivity contribution in [1.82, 2.24) is 14.9 Å². The number of ether oxygens (including phenoxy) is 1. The molecular formula is C20H30N4O3S2. The van der Waals surface area contributed by atoms with Gasteiger partial charge in [-0.2, -0.15) is 0 Å². The van der Waals surface area contributed by atoms with Crippen LogP contribution in [0.2, 0.25) is 0 Å². The second kappa shape index (κ2) is 10.6. The Hall–Kier alpha value is -2.10. The maximum atomic E-state index is 12.2. The average molecular weight is 439 g/mol. The quantitative estimate of drug-likeness (QED) is 0.465. The molecule has 2 aromatic rings. The molecule has 0 aliphatic heterocycles. The molecule has 0 aliphatic rings. The normalized spacial score (nSPS) is 12.3. The molecule has 29 heavy (non-hydrogen) atoms. The molecule has 0 saturated carbocycles. The minimum atomic E-state index is -3.40. The fourth-order valence-corrected chi connectivity index (χ4v) is 5.00. The standard InChI is InChI=1S/C20H30N4O3S2/c1-6-21-20(22-13-16-9-8-15(3)12-18(16)27-7-2)23-14-17-10-11-19(28-17)29(25,26)24(4)5/h8-12H,6-7,13-14H2,1-5H3,(H2,21,22,23). The van der Waals surface area contributed by atoms with Gasteiger partial charge in [0.2, 0.25) is 0 Å². The summed E-state index contributed by atoms with van der Waals surface area (Å²) in [5.74, 6) is 1.52. The number of sulfonamides is 1. The Morgan fingerprint density at radius 1 is 1.17 bits per heavy atom. The Labute approximate surface area is 177 Å². The summed E-state index contributed by atoms with van der Waals surface area (Å²) < 4.78 is 31.7. The van der Waals surface area contributed by atoms with Gasteiger partial charge in [0.25, 0.3) is 10.0 Å². The average Bonchev–Trinajstić information content (AvgIpc) is 3.15. The molecule has 0 atom stereocenters. The molecule has 1 aromatic carbocycles. The lowest BCUT2D eigenvalue weighted by Crippen LogP contribution is -2.36. The summed E-state index contributed by atoms with van der Waals surface area (Å²) in [5, 5.41) is 6.48. The van der Waals surface area contributed by atoms with Crippen molar-refractivity contribution in [2.24, 2.45) is 4.99 Å². The van der Waals surface area contributed by atoms with E-state index in [1.54, 1.807) is 6.07 Å². The highest BCUT2D eigenvalue weighted by molar-refractivity contribution is 7.91. The van der Waals surface area contributed by atoms with E-state index in [9.17, 15) is 8.42 Å². The lowest BCUT2D eigenvalue weighted by molar-refractivity contribution is 0.336. The number of guanidine groups is 1. The van der Waals surface area contributed by atoms with Gasteiger partial charge in [0.1, 0.15) is 9.96 Å². The summed E-state index contributed by atoms with van der Waals surface area (Å²) in [6.45, 7) is 8.31. The van der Waals surface area contributed by atoms with E-state index in [0.717, 1.165) is 28.3 Å². The first-order valence-corrected chi connectivity index (χ1v) is 11.8. The number of rotatable bonds is 9. The van der Waals surface area contributed by atoms with Gasteiger partial charge >= 0.3 is 0 Å². The number of hydrogen-bond donors (Lipinski definition) is 2. The van der Waals surface area contributed by atoms with Crippen LogP contribution in [0, 0.1) is 6.92 Å². The van der Waals surface area contributed by atoms with Crippen molar-refractivity contribution in [1.29, 1.82) is 0 Å². The molecule has 0 aliphatic carbocycles. The predicted molar refractivity (Wildman–Crippen MR) is 119 cm³/mol. The first-order valence-electron chi connectivity index (χ1n) is 9.53. The molecule has 1 aromatic heterocycles. The van der Waals surface area contributed by atoms with Crippen LogP contribution in [0.4, 0.5) is 0 Å². The van der Waals surface area contributed by atoms with Crippen molar-refractivity contribution in [3.05, 3.63) is 46.3 Å². The molecule has 0 spiro atoms. The van der Waals surface area contributed by atoms with Crippen LogP contribution in [-0.2, 0) is 23.1 Å². The highest BCUT2D eigenvalue weighted by atomic mass is 32.2. The van der Waals surface area contributed by atoms with Crippen molar-refractivity contribution in [2.45, 2.75) is 38.1 Å². The second-order valence-electron chi connectivity index (χ2n) is 6.60. The smallest absolute Gasteiger partial charge is 0.252 e. The summed E-state index contributed by atoms with van der Waals surface area (Å²) in [5.41, 5.74) is 2.16. The minimum absolute atomic E-state index is 0.335. The van der Waals surface area contributed by atoms with Gasteiger partial charge in [-0.3, -0.25) is 0 Å². The maximum Gasteiger partial charge on any atom is 0.252 e. The van der Waals surface area contributed by atoms with Crippen LogP contribution in [0.5, 0.6) is 5.75 Å². The van der Waals surface area contributed by atoms with E-state index < -0.39 is 10.0 Å². The first-order chi connectivity index (χ1) is 13.8. The topological polar surface area (TPSA) is 83.0 Å². The van der Waals surface area contributed by atoms with E-state index in [-0.39, 0.29) is 0 Å². The van der Waals surface area contributed by atoms with E-state index in [4.69, 9.17) is 4.74 Å². The van der Waals surface area contributed by atoms with Gasteiger partial charge in [-0.25, -0.2) is 17.7 Å². The molecule has 0 saturated heterocycles. The van der Waals surface area contributed by atoms with Crippen LogP contribution in [0.25, 0.3) is 0 Å². The SMILES string of the molecule is CCNC(=NCc1ccc(C)cc1OCC)NCc1ccc(S(=O)(=O)N(C)C)s1. The van der Waals surface area contributed by atoms with E-state index in [1.807, 2.05) is 45.0 Å². The monoisotopic (exact) mass is 438 g/mol. The molecule has 0 radical (unpaired) electrons. The number of nitrogens with one attached hydrogen (secondary N) is 2. The Kier molecular flexibility index (Phi) is 8.48. The van der Waals surface area contributed by atoms with Crippen LogP contribution in [0.3, 0.4) is 0 Å². The van der Waals surface area contributed by atoms with Crippen molar-refractivity contribution >= 4 is 27.3 Å². The van der Waals surface area contributed by atoms with Gasteiger partial charge < -0.3 is 15.4 Å². The summed E-state index contributed by atoms with van der Waals surface area (Å²) in [6, 6.07) is 9.57. The zero-order chi connectivity index (χ0) is 21.4.